The third-order valence-corrected chi connectivity index (χ3v) is 7.65. The number of anilines is 1. The van der Waals surface area contributed by atoms with E-state index in [4.69, 9.17) is 14.2 Å². The molecule has 8 nitrogen and oxygen atoms in total. The number of nitrogens with zero attached hydrogens (tertiary/aromatic N) is 1. The molecule has 212 valence electrons. The first kappa shape index (κ1) is 29.2. The van der Waals surface area contributed by atoms with Crippen molar-refractivity contribution in [3.8, 4) is 0 Å². The Morgan fingerprint density at radius 3 is 2.38 bits per heavy atom. The molecule has 8 heteroatoms. The lowest BCUT2D eigenvalue weighted by molar-refractivity contribution is -0.276. The van der Waals surface area contributed by atoms with Crippen molar-refractivity contribution in [3.63, 3.8) is 0 Å². The van der Waals surface area contributed by atoms with Gasteiger partial charge in [0, 0.05) is 30.6 Å². The highest BCUT2D eigenvalue weighted by Crippen LogP contribution is 2.42. The highest BCUT2D eigenvalue weighted by atomic mass is 16.7. The van der Waals surface area contributed by atoms with E-state index in [1.54, 1.807) is 6.07 Å². The summed E-state index contributed by atoms with van der Waals surface area (Å²) in [6, 6.07) is 15.3. The normalized spacial score (nSPS) is 25.2. The Labute approximate surface area is 231 Å². The number of hydrogen-bond donors (Lipinski definition) is 2. The van der Waals surface area contributed by atoms with Gasteiger partial charge in [-0.3, -0.25) is 9.59 Å². The zero-order chi connectivity index (χ0) is 27.8. The van der Waals surface area contributed by atoms with Gasteiger partial charge in [-0.2, -0.15) is 0 Å². The fraction of sp³-hybridized carbons (Fsp3) is 0.548. The van der Waals surface area contributed by atoms with Crippen LogP contribution in [0.1, 0.15) is 82.0 Å². The lowest BCUT2D eigenvalue weighted by Gasteiger charge is -2.43. The minimum absolute atomic E-state index is 0.000730. The molecule has 2 saturated heterocycles. The topological polar surface area (TPSA) is 97.3 Å². The molecule has 0 aromatic heterocycles. The Morgan fingerprint density at radius 2 is 1.72 bits per heavy atom. The largest absolute Gasteiger partial charge is 0.453 e. The van der Waals surface area contributed by atoms with E-state index < -0.39 is 24.3 Å². The first-order valence-electron chi connectivity index (χ1n) is 14.1. The van der Waals surface area contributed by atoms with Gasteiger partial charge in [0.05, 0.1) is 18.8 Å². The van der Waals surface area contributed by atoms with E-state index in [1.165, 1.54) is 46.0 Å². The lowest BCUT2D eigenvalue weighted by Crippen LogP contribution is -2.45. The number of amides is 1. The number of ether oxygens (including phenoxy) is 3. The van der Waals surface area contributed by atoms with Crippen molar-refractivity contribution >= 4 is 17.6 Å². The van der Waals surface area contributed by atoms with E-state index in [0.29, 0.717) is 5.69 Å². The summed E-state index contributed by atoms with van der Waals surface area (Å²) in [6.45, 7) is 7.99. The molecule has 0 saturated carbocycles. The van der Waals surface area contributed by atoms with Crippen LogP contribution in [0.15, 0.2) is 48.5 Å². The Bertz CT molecular complexity index is 1080. The molecule has 1 amide bonds. The van der Waals surface area contributed by atoms with Crippen molar-refractivity contribution < 1.29 is 28.9 Å². The van der Waals surface area contributed by atoms with Crippen LogP contribution in [0.3, 0.4) is 0 Å². The van der Waals surface area contributed by atoms with Crippen LogP contribution in [0.25, 0.3) is 0 Å². The van der Waals surface area contributed by atoms with Crippen LogP contribution in [0.4, 0.5) is 5.69 Å². The molecule has 2 fully saturated rings. The van der Waals surface area contributed by atoms with Gasteiger partial charge in [0.1, 0.15) is 0 Å². The second-order valence-corrected chi connectivity index (χ2v) is 10.8. The van der Waals surface area contributed by atoms with Crippen molar-refractivity contribution in [3.05, 3.63) is 65.2 Å². The van der Waals surface area contributed by atoms with Crippen molar-refractivity contribution in [2.75, 3.05) is 25.0 Å². The summed E-state index contributed by atoms with van der Waals surface area (Å²) < 4.78 is 18.2. The fourth-order valence-electron chi connectivity index (χ4n) is 5.39. The van der Waals surface area contributed by atoms with Crippen molar-refractivity contribution in [2.24, 2.45) is 5.92 Å². The van der Waals surface area contributed by atoms with Gasteiger partial charge in [0.2, 0.25) is 0 Å². The number of hydrogen-bond acceptors (Lipinski definition) is 7. The standard InChI is InChI=1S/C31H42N2O6/c1-21-28(19-33-16-7-5-4-6-8-17-33)38-31(39-29(21)25-14-12-24(20-34)13-15-25)26-10-9-11-27(18-26)32-30(36)22(2)37-23(3)35/h9-15,18,21-22,28-29,31,34H,4-8,16-17,19-20H2,1-3H3,(H,32,36). The molecule has 0 radical (unpaired) electrons. The number of likely N-dealkylation sites (tertiary alicyclic amines) is 1. The average molecular weight is 539 g/mol. The number of carbonyl (C=O) groups excluding carboxylic acids is 2. The molecule has 0 spiro atoms. The van der Waals surface area contributed by atoms with Crippen LogP contribution >= 0.6 is 0 Å². The van der Waals surface area contributed by atoms with E-state index in [0.717, 1.165) is 36.3 Å². The second kappa shape index (κ2) is 14.0. The van der Waals surface area contributed by atoms with Crippen LogP contribution in [-0.2, 0) is 30.4 Å². The third-order valence-electron chi connectivity index (χ3n) is 7.65. The Kier molecular flexibility index (Phi) is 10.5. The van der Waals surface area contributed by atoms with Gasteiger partial charge in [0.25, 0.3) is 5.91 Å². The monoisotopic (exact) mass is 538 g/mol. The summed E-state index contributed by atoms with van der Waals surface area (Å²) in [5.74, 6) is -0.800. The molecule has 2 aromatic rings. The number of aliphatic hydroxyl groups is 1. The molecule has 2 N–H and O–H groups in total. The quantitative estimate of drug-likeness (QED) is 0.450. The molecule has 0 aliphatic carbocycles. The summed E-state index contributed by atoms with van der Waals surface area (Å²) >= 11 is 0. The maximum absolute atomic E-state index is 12.5. The summed E-state index contributed by atoms with van der Waals surface area (Å²) in [6.07, 6.45) is 4.52. The predicted octanol–water partition coefficient (Wildman–Crippen LogP) is 5.13. The SMILES string of the molecule is CC(=O)OC(C)C(=O)Nc1cccc(C2OC(CN3CCCCCCC3)C(C)C(c3ccc(CO)cc3)O2)c1. The highest BCUT2D eigenvalue weighted by molar-refractivity contribution is 5.95. The molecule has 2 heterocycles. The fourth-order valence-corrected chi connectivity index (χ4v) is 5.39. The average Bonchev–Trinajstić information content (AvgIpc) is 2.91. The zero-order valence-corrected chi connectivity index (χ0v) is 23.3. The van der Waals surface area contributed by atoms with Gasteiger partial charge in [-0.05, 0) is 56.1 Å². The number of rotatable bonds is 8. The number of benzene rings is 2. The predicted molar refractivity (Wildman–Crippen MR) is 149 cm³/mol. The van der Waals surface area contributed by atoms with E-state index in [1.807, 2.05) is 42.5 Å². The first-order valence-corrected chi connectivity index (χ1v) is 14.1. The molecule has 5 atom stereocenters. The van der Waals surface area contributed by atoms with Gasteiger partial charge >= 0.3 is 5.97 Å². The molecule has 5 unspecified atom stereocenters. The summed E-state index contributed by atoms with van der Waals surface area (Å²) in [5, 5.41) is 12.3. The molecular formula is C31H42N2O6. The van der Waals surface area contributed by atoms with E-state index in [-0.39, 0.29) is 24.7 Å². The van der Waals surface area contributed by atoms with Crippen molar-refractivity contribution in [1.29, 1.82) is 0 Å². The highest BCUT2D eigenvalue weighted by Gasteiger charge is 2.39. The van der Waals surface area contributed by atoms with Crippen LogP contribution in [0.2, 0.25) is 0 Å². The maximum Gasteiger partial charge on any atom is 0.303 e. The minimum atomic E-state index is -0.900. The second-order valence-electron chi connectivity index (χ2n) is 10.8. The van der Waals surface area contributed by atoms with Crippen molar-refractivity contribution in [2.45, 2.75) is 84.1 Å². The smallest absolute Gasteiger partial charge is 0.303 e. The van der Waals surface area contributed by atoms with Crippen molar-refractivity contribution in [1.82, 2.24) is 4.90 Å². The van der Waals surface area contributed by atoms with Gasteiger partial charge in [-0.25, -0.2) is 0 Å². The molecular weight excluding hydrogens is 496 g/mol. The van der Waals surface area contributed by atoms with Gasteiger partial charge in [-0.1, -0.05) is 62.6 Å². The number of esters is 1. The molecule has 39 heavy (non-hydrogen) atoms. The number of aliphatic hydroxyl groups excluding tert-OH is 1. The van der Waals surface area contributed by atoms with Crippen LogP contribution in [0, 0.1) is 5.92 Å². The van der Waals surface area contributed by atoms with Gasteiger partial charge in [0.15, 0.2) is 12.4 Å². The van der Waals surface area contributed by atoms with Crippen LogP contribution < -0.4 is 5.32 Å². The van der Waals surface area contributed by atoms with Gasteiger partial charge in [-0.15, -0.1) is 0 Å². The Morgan fingerprint density at radius 1 is 1.03 bits per heavy atom. The molecule has 4 rings (SSSR count). The maximum atomic E-state index is 12.5. The molecule has 2 aliphatic heterocycles. The Balaban J connectivity index is 1.55. The Hall–Kier alpha value is -2.78. The van der Waals surface area contributed by atoms with Crippen LogP contribution in [-0.4, -0.2) is 53.7 Å². The number of carbonyl (C=O) groups is 2. The lowest BCUT2D eigenvalue weighted by atomic mass is 9.89. The minimum Gasteiger partial charge on any atom is -0.453 e. The zero-order valence-electron chi connectivity index (χ0n) is 23.3. The van der Waals surface area contributed by atoms with E-state index in [9.17, 15) is 14.7 Å². The molecule has 0 bridgehead atoms. The van der Waals surface area contributed by atoms with Gasteiger partial charge < -0.3 is 29.5 Å². The van der Waals surface area contributed by atoms with E-state index >= 15 is 0 Å². The molecule has 2 aromatic carbocycles. The summed E-state index contributed by atoms with van der Waals surface area (Å²) in [5.41, 5.74) is 3.28. The summed E-state index contributed by atoms with van der Waals surface area (Å²) in [7, 11) is 0. The number of nitrogens with one attached hydrogen (secondary N) is 1. The first-order chi connectivity index (χ1) is 18.8. The molecule has 2 aliphatic rings. The third kappa shape index (κ3) is 8.11. The van der Waals surface area contributed by atoms with Crippen LogP contribution in [0.5, 0.6) is 0 Å². The summed E-state index contributed by atoms with van der Waals surface area (Å²) in [4.78, 5) is 26.3. The van der Waals surface area contributed by atoms with E-state index in [2.05, 4.69) is 17.1 Å².